The van der Waals surface area contributed by atoms with E-state index in [0.29, 0.717) is 12.8 Å². The van der Waals surface area contributed by atoms with Crippen molar-refractivity contribution in [2.45, 2.75) is 43.3 Å². The molecule has 1 unspecified atom stereocenters. The van der Waals surface area contributed by atoms with Gasteiger partial charge in [0.1, 0.15) is 0 Å². The summed E-state index contributed by atoms with van der Waals surface area (Å²) in [5.74, 6) is 0. The van der Waals surface area contributed by atoms with Crippen LogP contribution < -0.4 is 7.60 Å². The molecule has 20 heavy (non-hydrogen) atoms. The number of nitrogens with one attached hydrogen (secondary N) is 2. The van der Waals surface area contributed by atoms with Crippen molar-refractivity contribution in [3.8, 4) is 0 Å². The Labute approximate surface area is 128 Å². The van der Waals surface area contributed by atoms with E-state index >= 15 is 0 Å². The molecule has 2 aliphatic carbocycles. The summed E-state index contributed by atoms with van der Waals surface area (Å²) in [4.78, 5) is 22.1. The molecule has 0 heterocycles. The van der Waals surface area contributed by atoms with Gasteiger partial charge in [0, 0.05) is 0 Å². The molecule has 4 nitrogen and oxygen atoms in total. The summed E-state index contributed by atoms with van der Waals surface area (Å²) in [5, 5.41) is 0. The molecule has 0 bridgehead atoms. The summed E-state index contributed by atoms with van der Waals surface area (Å²) in [5.41, 5.74) is 3.44. The third-order valence-electron chi connectivity index (χ3n) is 4.80. The molecule has 111 valence electrons. The summed E-state index contributed by atoms with van der Waals surface area (Å²) < 4.78 is 4.53. The first-order chi connectivity index (χ1) is 9.29. The molecule has 1 atom stereocenters. The Kier molecular flexibility index (Phi) is 4.16. The number of hydrogen-bond donors (Lipinski definition) is 2. The summed E-state index contributed by atoms with van der Waals surface area (Å²) >= 11 is -4.82. The van der Waals surface area contributed by atoms with Gasteiger partial charge in [-0.2, -0.15) is 0 Å². The number of carbonyl (C=O) groups excluding carboxylic acids is 2. The van der Waals surface area contributed by atoms with Gasteiger partial charge in [-0.3, -0.25) is 0 Å². The molecule has 0 aromatic carbocycles. The van der Waals surface area contributed by atoms with Gasteiger partial charge in [-0.1, -0.05) is 0 Å². The maximum absolute atomic E-state index is 11.0. The zero-order valence-electron chi connectivity index (χ0n) is 11.6. The first-order valence-electron chi connectivity index (χ1n) is 6.71. The third-order valence-corrected chi connectivity index (χ3v) is 15.5. The molecule has 2 N–H and O–H groups in total. The fraction of sp³-hybridized carbons (Fsp3) is 0.538. The van der Waals surface area contributed by atoms with Crippen LogP contribution in [0.5, 0.6) is 0 Å². The summed E-state index contributed by atoms with van der Waals surface area (Å²) in [6.07, 6.45) is 7.23. The Bertz CT molecular complexity index is 516. The zero-order valence-corrected chi connectivity index (χ0v) is 14.7. The normalized spacial score (nSPS) is 28.0. The quantitative estimate of drug-likeness (QED) is 0.588. The molecule has 0 saturated carbocycles. The SMILES string of the molecule is CC1=CC2=C(CCCC2)[C]1(C)[Ti]([Cl])([Cl])([NH]C=O)[NH]C=O. The average Bonchev–Trinajstić information content (AvgIpc) is 2.64. The number of hydrogen-bond acceptors (Lipinski definition) is 2. The predicted molar refractivity (Wildman–Crippen MR) is 77.7 cm³/mol. The first kappa shape index (κ1) is 16.1. The van der Waals surface area contributed by atoms with Crippen LogP contribution in [0.15, 0.2) is 22.8 Å². The van der Waals surface area contributed by atoms with Gasteiger partial charge in [0.15, 0.2) is 0 Å². The molecule has 0 aliphatic heterocycles. The van der Waals surface area contributed by atoms with Gasteiger partial charge in [0.2, 0.25) is 0 Å². The van der Waals surface area contributed by atoms with Crippen molar-refractivity contribution >= 4 is 31.4 Å². The van der Waals surface area contributed by atoms with Crippen LogP contribution in [0.25, 0.3) is 0 Å². The number of amides is 2. The topological polar surface area (TPSA) is 58.2 Å². The molecule has 0 saturated heterocycles. The van der Waals surface area contributed by atoms with E-state index in [4.69, 9.17) is 18.6 Å². The van der Waals surface area contributed by atoms with Crippen LogP contribution in [0.2, 0.25) is 3.72 Å². The van der Waals surface area contributed by atoms with Crippen molar-refractivity contribution in [3.05, 3.63) is 22.8 Å². The van der Waals surface area contributed by atoms with E-state index < -0.39 is 17.4 Å². The summed E-state index contributed by atoms with van der Waals surface area (Å²) in [6, 6.07) is 0. The third kappa shape index (κ3) is 2.09. The predicted octanol–water partition coefficient (Wildman–Crippen LogP) is 3.31. The molecule has 0 radical (unpaired) electrons. The van der Waals surface area contributed by atoms with E-state index in [9.17, 15) is 9.59 Å². The molecule has 2 rings (SSSR count). The number of carbonyl (C=O) groups is 2. The molecule has 2 amide bonds. The van der Waals surface area contributed by atoms with Crippen molar-refractivity contribution in [1.29, 1.82) is 0 Å². The Morgan fingerprint density at radius 3 is 2.30 bits per heavy atom. The number of halogens is 2. The fourth-order valence-electron chi connectivity index (χ4n) is 3.45. The van der Waals surface area contributed by atoms with E-state index in [1.165, 1.54) is 11.1 Å². The van der Waals surface area contributed by atoms with Gasteiger partial charge in [0.05, 0.1) is 0 Å². The molecule has 0 fully saturated rings. The van der Waals surface area contributed by atoms with Crippen LogP contribution in [0.3, 0.4) is 0 Å². The first-order valence-corrected chi connectivity index (χ1v) is 13.4. The van der Waals surface area contributed by atoms with Crippen LogP contribution in [0, 0.1) is 0 Å². The maximum atomic E-state index is 11.0. The van der Waals surface area contributed by atoms with Gasteiger partial charge in [0.25, 0.3) is 0 Å². The Morgan fingerprint density at radius 1 is 1.20 bits per heavy atom. The molecule has 0 aromatic heterocycles. The van der Waals surface area contributed by atoms with Crippen LogP contribution in [0.1, 0.15) is 39.5 Å². The van der Waals surface area contributed by atoms with Crippen molar-refractivity contribution < 1.29 is 23.3 Å². The van der Waals surface area contributed by atoms with Crippen LogP contribution >= 0.6 is 18.6 Å². The van der Waals surface area contributed by atoms with Crippen molar-refractivity contribution in [3.63, 3.8) is 0 Å². The second-order valence-electron chi connectivity index (χ2n) is 5.70. The standard InChI is InChI=1S/C11H15.2CH3NO.2ClH.Ti/c1-8-7-10-5-3-4-6-11(10)9(8)2;2*2-1-3;;;/h7H,3-6H2,1-2H3;2*1H,(H2,2,3);2*1H;/q;;;;;+4/p-4. The monoisotopic (exact) mass is 353 g/mol. The van der Waals surface area contributed by atoms with Crippen LogP contribution in [0.4, 0.5) is 0 Å². The molecular weight excluding hydrogens is 335 g/mol. The van der Waals surface area contributed by atoms with Gasteiger partial charge in [-0.15, -0.1) is 0 Å². The second kappa shape index (κ2) is 5.17. The second-order valence-corrected chi connectivity index (χ2v) is 18.4. The van der Waals surface area contributed by atoms with E-state index in [2.05, 4.69) is 13.7 Å². The van der Waals surface area contributed by atoms with Crippen molar-refractivity contribution in [2.24, 2.45) is 0 Å². The molecule has 0 spiro atoms. The fourth-order valence-corrected chi connectivity index (χ4v) is 10.5. The Hall–Kier alpha value is -0.286. The van der Waals surface area contributed by atoms with E-state index in [-0.39, 0.29) is 0 Å². The summed E-state index contributed by atoms with van der Waals surface area (Å²) in [7, 11) is 13.5. The van der Waals surface area contributed by atoms with Crippen molar-refractivity contribution in [1.82, 2.24) is 7.60 Å². The van der Waals surface area contributed by atoms with Crippen LogP contribution in [-0.2, 0) is 23.3 Å². The van der Waals surface area contributed by atoms with E-state index in [0.717, 1.165) is 31.3 Å². The van der Waals surface area contributed by atoms with Crippen molar-refractivity contribution in [2.75, 3.05) is 0 Å². The number of allylic oxidation sites excluding steroid dienone is 4. The minimum absolute atomic E-state index is 0.494. The molecular formula is C13H19Cl2N2O2Ti. The van der Waals surface area contributed by atoms with Gasteiger partial charge in [-0.25, -0.2) is 0 Å². The molecule has 7 heteroatoms. The zero-order chi connectivity index (χ0) is 15.0. The average molecular weight is 354 g/mol. The van der Waals surface area contributed by atoms with Crippen LogP contribution in [-0.4, -0.2) is 12.8 Å². The Morgan fingerprint density at radius 2 is 1.75 bits per heavy atom. The molecule has 2 aliphatic rings. The van der Waals surface area contributed by atoms with E-state index in [1.807, 2.05) is 13.8 Å². The van der Waals surface area contributed by atoms with Gasteiger partial charge in [-0.05, 0) is 0 Å². The Balaban J connectivity index is 2.62. The number of rotatable bonds is 5. The summed E-state index contributed by atoms with van der Waals surface area (Å²) in [6.45, 7) is 3.90. The van der Waals surface area contributed by atoms with Gasteiger partial charge < -0.3 is 0 Å². The van der Waals surface area contributed by atoms with Gasteiger partial charge >= 0.3 is 128 Å². The minimum atomic E-state index is -4.82. The molecule has 0 aromatic rings. The van der Waals surface area contributed by atoms with E-state index in [1.54, 1.807) is 0 Å².